The first-order valence-corrected chi connectivity index (χ1v) is 8.22. The Kier molecular flexibility index (Phi) is 5.85. The predicted octanol–water partition coefficient (Wildman–Crippen LogP) is 4.88. The monoisotopic (exact) mass is 370 g/mol. The van der Waals surface area contributed by atoms with Crippen molar-refractivity contribution < 1.29 is 5.48 Å². The van der Waals surface area contributed by atoms with Gasteiger partial charge in [0.25, 0.3) is 0 Å². The van der Waals surface area contributed by atoms with Crippen molar-refractivity contribution in [3.63, 3.8) is 0 Å². The van der Waals surface area contributed by atoms with Gasteiger partial charge in [-0.25, -0.2) is 9.97 Å². The molecule has 0 unspecified atom stereocenters. The van der Waals surface area contributed by atoms with Crippen LogP contribution in [0.2, 0.25) is 0 Å². The molecule has 6 heteroatoms. The summed E-state index contributed by atoms with van der Waals surface area (Å²) >= 11 is 0. The van der Waals surface area contributed by atoms with Gasteiger partial charge < -0.3 is 15.8 Å². The Morgan fingerprint density at radius 3 is 2.42 bits per heavy atom. The first-order chi connectivity index (χ1) is 11.6. The van der Waals surface area contributed by atoms with E-state index in [9.17, 15) is 0 Å². The average Bonchev–Trinajstić information content (AvgIpc) is 3.03. The van der Waals surface area contributed by atoms with E-state index in [1.165, 1.54) is 5.56 Å². The van der Waals surface area contributed by atoms with Crippen LogP contribution in [-0.4, -0.2) is 20.4 Å². The van der Waals surface area contributed by atoms with Crippen LogP contribution in [0, 0.1) is 6.92 Å². The molecule has 0 spiro atoms. The Bertz CT molecular complexity index is 1030. The number of benzene rings is 2. The minimum absolute atomic E-state index is 0. The van der Waals surface area contributed by atoms with Gasteiger partial charge in [0.15, 0.2) is 0 Å². The van der Waals surface area contributed by atoms with Crippen molar-refractivity contribution in [2.75, 3.05) is 5.32 Å². The highest BCUT2D eigenvalue weighted by molar-refractivity contribution is 6.10. The number of aryl methyl sites for hydroxylation is 1. The zero-order valence-corrected chi connectivity index (χ0v) is 15.8. The number of rotatable bonds is 3. The Balaban J connectivity index is 0.00000121. The second kappa shape index (κ2) is 7.72. The number of imidazole rings is 1. The molecule has 0 bridgehead atoms. The van der Waals surface area contributed by atoms with Crippen LogP contribution in [0.4, 0.5) is 11.4 Å². The molecule has 0 saturated carbocycles. The number of fused-ring (bicyclic) bond motifs is 3. The van der Waals surface area contributed by atoms with Gasteiger partial charge in [0, 0.05) is 22.3 Å². The number of nitrogens with zero attached hydrogens (tertiary/aromatic N) is 2. The Morgan fingerprint density at radius 2 is 1.73 bits per heavy atom. The molecular formula is C20H23ClN4O. The summed E-state index contributed by atoms with van der Waals surface area (Å²) in [7, 11) is 0. The summed E-state index contributed by atoms with van der Waals surface area (Å²) in [6.07, 6.45) is 1.62. The third kappa shape index (κ3) is 3.49. The summed E-state index contributed by atoms with van der Waals surface area (Å²) in [5.74, 6) is 0.535. The summed E-state index contributed by atoms with van der Waals surface area (Å²) in [6.45, 7) is 6.47. The normalized spacial score (nSPS) is 10.6. The number of anilines is 2. The van der Waals surface area contributed by atoms with Gasteiger partial charge in [-0.1, -0.05) is 26.0 Å². The quantitative estimate of drug-likeness (QED) is 0.538. The van der Waals surface area contributed by atoms with Gasteiger partial charge in [0.2, 0.25) is 0 Å². The van der Waals surface area contributed by atoms with Crippen molar-refractivity contribution in [3.05, 3.63) is 60.0 Å². The lowest BCUT2D eigenvalue weighted by Gasteiger charge is -2.13. The second-order valence-corrected chi connectivity index (χ2v) is 6.50. The van der Waals surface area contributed by atoms with Crippen LogP contribution in [0.5, 0.6) is 0 Å². The smallest absolute Gasteiger partial charge is 0.116 e. The van der Waals surface area contributed by atoms with E-state index in [1.54, 1.807) is 6.33 Å². The lowest BCUT2D eigenvalue weighted by molar-refractivity contribution is 0.824. The van der Waals surface area contributed by atoms with Gasteiger partial charge in [-0.3, -0.25) is 0 Å². The van der Waals surface area contributed by atoms with Gasteiger partial charge in [-0.2, -0.15) is 0 Å². The molecule has 0 saturated heterocycles. The molecule has 4 aromatic rings. The summed E-state index contributed by atoms with van der Waals surface area (Å²) in [5, 5.41) is 4.62. The fraction of sp³-hybridized carbons (Fsp3) is 0.200. The molecule has 136 valence electrons. The topological polar surface area (TPSA) is 85.1 Å². The number of H-pyrrole nitrogens is 1. The molecule has 0 atom stereocenters. The third-order valence-corrected chi connectivity index (χ3v) is 4.36. The number of hydrogen-bond donors (Lipinski definition) is 2. The number of pyridine rings is 1. The summed E-state index contributed by atoms with van der Waals surface area (Å²) in [4.78, 5) is 12.2. The molecule has 2 heterocycles. The molecule has 4 rings (SSSR count). The number of aromatic nitrogens is 3. The molecular weight excluding hydrogens is 348 g/mol. The van der Waals surface area contributed by atoms with Gasteiger partial charge in [0.05, 0.1) is 11.2 Å². The largest absolute Gasteiger partial charge is 0.412 e. The van der Waals surface area contributed by atoms with E-state index < -0.39 is 0 Å². The third-order valence-electron chi connectivity index (χ3n) is 4.36. The summed E-state index contributed by atoms with van der Waals surface area (Å²) < 4.78 is 0. The molecule has 2 aromatic carbocycles. The molecule has 0 radical (unpaired) electrons. The number of aromatic amines is 1. The Labute approximate surface area is 158 Å². The van der Waals surface area contributed by atoms with E-state index in [-0.39, 0.29) is 17.9 Å². The van der Waals surface area contributed by atoms with E-state index in [0.29, 0.717) is 5.92 Å². The Morgan fingerprint density at radius 1 is 1.00 bits per heavy atom. The van der Waals surface area contributed by atoms with Gasteiger partial charge >= 0.3 is 0 Å². The SMILES string of the molecule is Cc1cc(Nc2ccc(C(C)C)cc2)c2c(ccc3ncnc32)[nH]1.Cl.O. The van der Waals surface area contributed by atoms with Crippen LogP contribution in [0.25, 0.3) is 21.9 Å². The van der Waals surface area contributed by atoms with Crippen molar-refractivity contribution >= 4 is 45.7 Å². The average molecular weight is 371 g/mol. The van der Waals surface area contributed by atoms with Gasteiger partial charge in [0.1, 0.15) is 11.8 Å². The number of halogens is 1. The predicted molar refractivity (Wildman–Crippen MR) is 111 cm³/mol. The van der Waals surface area contributed by atoms with Gasteiger partial charge in [-0.15, -0.1) is 12.4 Å². The zero-order chi connectivity index (χ0) is 16.7. The van der Waals surface area contributed by atoms with Crippen molar-refractivity contribution in [3.8, 4) is 0 Å². The fourth-order valence-electron chi connectivity index (χ4n) is 3.08. The zero-order valence-electron chi connectivity index (χ0n) is 15.0. The molecule has 0 aliphatic heterocycles. The van der Waals surface area contributed by atoms with Crippen LogP contribution in [-0.2, 0) is 0 Å². The Hall–Kier alpha value is -2.63. The van der Waals surface area contributed by atoms with Crippen molar-refractivity contribution in [1.82, 2.24) is 15.0 Å². The van der Waals surface area contributed by atoms with Gasteiger partial charge in [-0.05, 0) is 48.7 Å². The minimum atomic E-state index is 0. The van der Waals surface area contributed by atoms with Crippen molar-refractivity contribution in [1.29, 1.82) is 0 Å². The highest BCUT2D eigenvalue weighted by Crippen LogP contribution is 2.31. The van der Waals surface area contributed by atoms with E-state index in [2.05, 4.69) is 77.4 Å². The standard InChI is InChI=1S/C20H20N4.ClH.H2O/c1-12(2)14-4-6-15(7-5-14)24-18-10-13(3)23-16-8-9-17-20(19(16)18)22-11-21-17;;/h4-12,23-24H,1-3H3;1H;1H2. The van der Waals surface area contributed by atoms with E-state index in [4.69, 9.17) is 0 Å². The van der Waals surface area contributed by atoms with Crippen LogP contribution < -0.4 is 5.32 Å². The molecule has 0 aliphatic rings. The lowest BCUT2D eigenvalue weighted by Crippen LogP contribution is -1.96. The van der Waals surface area contributed by atoms with Crippen LogP contribution >= 0.6 is 12.4 Å². The lowest BCUT2D eigenvalue weighted by atomic mass is 10.0. The maximum atomic E-state index is 4.45. The van der Waals surface area contributed by atoms with Crippen LogP contribution in [0.15, 0.2) is 48.8 Å². The molecule has 0 amide bonds. The van der Waals surface area contributed by atoms with Crippen molar-refractivity contribution in [2.45, 2.75) is 26.7 Å². The highest BCUT2D eigenvalue weighted by atomic mass is 35.5. The first-order valence-electron chi connectivity index (χ1n) is 8.22. The fourth-order valence-corrected chi connectivity index (χ4v) is 3.08. The molecule has 4 N–H and O–H groups in total. The molecule has 0 aliphatic carbocycles. The van der Waals surface area contributed by atoms with E-state index in [1.807, 2.05) is 6.07 Å². The second-order valence-electron chi connectivity index (χ2n) is 6.50. The van der Waals surface area contributed by atoms with E-state index in [0.717, 1.165) is 39.0 Å². The molecule has 2 aromatic heterocycles. The highest BCUT2D eigenvalue weighted by Gasteiger charge is 2.10. The summed E-state index contributed by atoms with van der Waals surface area (Å²) in [6, 6.07) is 14.8. The minimum Gasteiger partial charge on any atom is -0.412 e. The summed E-state index contributed by atoms with van der Waals surface area (Å²) in [5.41, 5.74) is 7.45. The van der Waals surface area contributed by atoms with Crippen molar-refractivity contribution in [2.24, 2.45) is 0 Å². The maximum Gasteiger partial charge on any atom is 0.116 e. The first kappa shape index (κ1) is 19.7. The molecule has 5 nitrogen and oxygen atoms in total. The van der Waals surface area contributed by atoms with Crippen LogP contribution in [0.1, 0.15) is 31.0 Å². The van der Waals surface area contributed by atoms with Crippen LogP contribution in [0.3, 0.4) is 0 Å². The number of hydrogen-bond acceptors (Lipinski definition) is 3. The molecule has 0 fully saturated rings. The molecule has 26 heavy (non-hydrogen) atoms. The maximum absolute atomic E-state index is 4.45. The number of nitrogens with one attached hydrogen (secondary N) is 2. The van der Waals surface area contributed by atoms with E-state index >= 15 is 0 Å².